The fraction of sp³-hybridized carbons (Fsp3) is 0.455. The number of benzene rings is 1. The van der Waals surface area contributed by atoms with Crippen LogP contribution in [0, 0.1) is 0 Å². The van der Waals surface area contributed by atoms with E-state index in [-0.39, 0.29) is 0 Å². The third kappa shape index (κ3) is 1.99. The topological polar surface area (TPSA) is 27.7 Å². The molecule has 0 unspecified atom stereocenters. The molecule has 0 bridgehead atoms. The highest BCUT2D eigenvalue weighted by Gasteiger charge is 2.12. The molecule has 0 fully saturated rings. The first-order valence-electron chi connectivity index (χ1n) is 4.77. The lowest BCUT2D eigenvalue weighted by Gasteiger charge is -2.02. The van der Waals surface area contributed by atoms with Gasteiger partial charge >= 0.3 is 0 Å². The third-order valence-electron chi connectivity index (χ3n) is 2.25. The summed E-state index contributed by atoms with van der Waals surface area (Å²) in [6.45, 7) is 1.14. The number of hydrogen-bond acceptors (Lipinski definition) is 3. The normalized spacial score (nSPS) is 13.2. The van der Waals surface area contributed by atoms with Crippen LogP contribution in [-0.2, 0) is 11.2 Å². The second kappa shape index (κ2) is 4.33. The van der Waals surface area contributed by atoms with E-state index in [9.17, 15) is 0 Å². The summed E-state index contributed by atoms with van der Waals surface area (Å²) in [6, 6.07) is 6.08. The molecule has 1 aromatic carbocycles. The molecule has 0 saturated heterocycles. The average molecular weight is 194 g/mol. The Morgan fingerprint density at radius 3 is 3.00 bits per heavy atom. The van der Waals surface area contributed by atoms with Gasteiger partial charge < -0.3 is 14.2 Å². The molecular weight excluding hydrogens is 180 g/mol. The van der Waals surface area contributed by atoms with E-state index < -0.39 is 0 Å². The Kier molecular flexibility index (Phi) is 2.89. The summed E-state index contributed by atoms with van der Waals surface area (Å²) in [5.41, 5.74) is 1.27. The van der Waals surface area contributed by atoms with E-state index in [0.29, 0.717) is 6.79 Å². The van der Waals surface area contributed by atoms with Crippen molar-refractivity contribution in [3.63, 3.8) is 0 Å². The van der Waals surface area contributed by atoms with Crippen molar-refractivity contribution in [2.24, 2.45) is 0 Å². The van der Waals surface area contributed by atoms with Crippen molar-refractivity contribution in [1.82, 2.24) is 0 Å². The molecule has 0 saturated carbocycles. The van der Waals surface area contributed by atoms with Gasteiger partial charge in [-0.25, -0.2) is 0 Å². The Bertz CT molecular complexity index is 309. The zero-order valence-electron chi connectivity index (χ0n) is 8.29. The van der Waals surface area contributed by atoms with Gasteiger partial charge in [-0.05, 0) is 30.5 Å². The summed E-state index contributed by atoms with van der Waals surface area (Å²) >= 11 is 0. The molecule has 0 radical (unpaired) electrons. The van der Waals surface area contributed by atoms with Gasteiger partial charge in [0.25, 0.3) is 0 Å². The summed E-state index contributed by atoms with van der Waals surface area (Å²) in [6.07, 6.45) is 2.06. The van der Waals surface area contributed by atoms with Gasteiger partial charge in [0, 0.05) is 13.7 Å². The number of hydrogen-bond donors (Lipinski definition) is 0. The zero-order valence-corrected chi connectivity index (χ0v) is 8.29. The van der Waals surface area contributed by atoms with Crippen LogP contribution in [0.5, 0.6) is 11.5 Å². The Hall–Kier alpha value is -1.22. The summed E-state index contributed by atoms with van der Waals surface area (Å²) in [4.78, 5) is 0. The van der Waals surface area contributed by atoms with E-state index in [4.69, 9.17) is 14.2 Å². The highest BCUT2D eigenvalue weighted by molar-refractivity contribution is 5.44. The molecule has 0 atom stereocenters. The molecule has 1 heterocycles. The minimum absolute atomic E-state index is 0.344. The van der Waals surface area contributed by atoms with Crippen molar-refractivity contribution in [2.75, 3.05) is 20.5 Å². The molecule has 0 N–H and O–H groups in total. The number of aryl methyl sites for hydroxylation is 1. The molecule has 0 spiro atoms. The van der Waals surface area contributed by atoms with Crippen LogP contribution in [-0.4, -0.2) is 20.5 Å². The SMILES string of the molecule is COCCCc1ccc2c(c1)OCO2. The lowest BCUT2D eigenvalue weighted by atomic mass is 10.1. The van der Waals surface area contributed by atoms with Crippen LogP contribution in [0.2, 0.25) is 0 Å². The van der Waals surface area contributed by atoms with E-state index in [2.05, 4.69) is 6.07 Å². The monoisotopic (exact) mass is 194 g/mol. The summed E-state index contributed by atoms with van der Waals surface area (Å²) < 4.78 is 15.5. The van der Waals surface area contributed by atoms with Gasteiger partial charge in [-0.2, -0.15) is 0 Å². The van der Waals surface area contributed by atoms with Crippen LogP contribution in [0.4, 0.5) is 0 Å². The maximum atomic E-state index is 5.29. The Morgan fingerprint density at radius 2 is 2.14 bits per heavy atom. The van der Waals surface area contributed by atoms with Crippen molar-refractivity contribution >= 4 is 0 Å². The first-order chi connectivity index (χ1) is 6.90. The standard InChI is InChI=1S/C11H14O3/c1-12-6-2-3-9-4-5-10-11(7-9)14-8-13-10/h4-5,7H,2-3,6,8H2,1H3. The Balaban J connectivity index is 1.98. The third-order valence-corrected chi connectivity index (χ3v) is 2.25. The van der Waals surface area contributed by atoms with Crippen LogP contribution >= 0.6 is 0 Å². The van der Waals surface area contributed by atoms with Gasteiger partial charge in [0.15, 0.2) is 11.5 Å². The predicted octanol–water partition coefficient (Wildman–Crippen LogP) is 1.99. The maximum absolute atomic E-state index is 5.29. The predicted molar refractivity (Wildman–Crippen MR) is 52.8 cm³/mol. The second-order valence-corrected chi connectivity index (χ2v) is 3.28. The largest absolute Gasteiger partial charge is 0.454 e. The molecule has 3 heteroatoms. The van der Waals surface area contributed by atoms with E-state index in [1.165, 1.54) is 5.56 Å². The molecule has 1 aliphatic rings. The smallest absolute Gasteiger partial charge is 0.231 e. The molecule has 3 nitrogen and oxygen atoms in total. The van der Waals surface area contributed by atoms with Gasteiger partial charge in [-0.3, -0.25) is 0 Å². The number of fused-ring (bicyclic) bond motifs is 1. The van der Waals surface area contributed by atoms with Crippen molar-refractivity contribution in [1.29, 1.82) is 0 Å². The Morgan fingerprint density at radius 1 is 1.29 bits per heavy atom. The van der Waals surface area contributed by atoms with Gasteiger partial charge in [-0.15, -0.1) is 0 Å². The highest BCUT2D eigenvalue weighted by atomic mass is 16.7. The van der Waals surface area contributed by atoms with Crippen molar-refractivity contribution in [3.8, 4) is 11.5 Å². The minimum atomic E-state index is 0.344. The minimum Gasteiger partial charge on any atom is -0.454 e. The molecule has 0 aromatic heterocycles. The van der Waals surface area contributed by atoms with Gasteiger partial charge in [0.05, 0.1) is 0 Å². The van der Waals surface area contributed by atoms with Crippen molar-refractivity contribution in [2.45, 2.75) is 12.8 Å². The summed E-state index contributed by atoms with van der Waals surface area (Å²) in [7, 11) is 1.72. The van der Waals surface area contributed by atoms with E-state index >= 15 is 0 Å². The quantitative estimate of drug-likeness (QED) is 0.686. The van der Waals surface area contributed by atoms with Crippen LogP contribution in [0.3, 0.4) is 0 Å². The van der Waals surface area contributed by atoms with Crippen LogP contribution in [0.25, 0.3) is 0 Å². The average Bonchev–Trinajstić information content (AvgIpc) is 2.65. The molecule has 2 rings (SSSR count). The van der Waals surface area contributed by atoms with Crippen LogP contribution < -0.4 is 9.47 Å². The fourth-order valence-corrected chi connectivity index (χ4v) is 1.52. The molecular formula is C11H14O3. The summed E-state index contributed by atoms with van der Waals surface area (Å²) in [5, 5.41) is 0. The molecule has 0 amide bonds. The lowest BCUT2D eigenvalue weighted by molar-refractivity contribution is 0.174. The van der Waals surface area contributed by atoms with Gasteiger partial charge in [0.2, 0.25) is 6.79 Å². The molecule has 1 aliphatic heterocycles. The second-order valence-electron chi connectivity index (χ2n) is 3.28. The van der Waals surface area contributed by atoms with Crippen LogP contribution in [0.1, 0.15) is 12.0 Å². The van der Waals surface area contributed by atoms with Crippen molar-refractivity contribution < 1.29 is 14.2 Å². The lowest BCUT2D eigenvalue weighted by Crippen LogP contribution is -1.93. The highest BCUT2D eigenvalue weighted by Crippen LogP contribution is 2.32. The maximum Gasteiger partial charge on any atom is 0.231 e. The van der Waals surface area contributed by atoms with Crippen LogP contribution in [0.15, 0.2) is 18.2 Å². The van der Waals surface area contributed by atoms with E-state index in [1.807, 2.05) is 12.1 Å². The molecule has 1 aromatic rings. The fourth-order valence-electron chi connectivity index (χ4n) is 1.52. The Labute approximate surface area is 83.6 Å². The number of ether oxygens (including phenoxy) is 3. The molecule has 14 heavy (non-hydrogen) atoms. The van der Waals surface area contributed by atoms with E-state index in [0.717, 1.165) is 30.9 Å². The molecule has 76 valence electrons. The van der Waals surface area contributed by atoms with Gasteiger partial charge in [-0.1, -0.05) is 6.07 Å². The van der Waals surface area contributed by atoms with Gasteiger partial charge in [0.1, 0.15) is 0 Å². The zero-order chi connectivity index (χ0) is 9.80. The van der Waals surface area contributed by atoms with Crippen molar-refractivity contribution in [3.05, 3.63) is 23.8 Å². The molecule has 0 aliphatic carbocycles. The van der Waals surface area contributed by atoms with E-state index in [1.54, 1.807) is 7.11 Å². The first-order valence-corrected chi connectivity index (χ1v) is 4.77. The summed E-state index contributed by atoms with van der Waals surface area (Å²) in [5.74, 6) is 1.71. The first kappa shape index (κ1) is 9.34. The number of methoxy groups -OCH3 is 1. The number of rotatable bonds is 4.